The number of rotatable bonds is 7. The molecule has 1 unspecified atom stereocenters. The third kappa shape index (κ3) is 5.96. The zero-order valence-electron chi connectivity index (χ0n) is 17.0. The smallest absolute Gasteiger partial charge is 0.416 e. The van der Waals surface area contributed by atoms with Crippen molar-refractivity contribution in [2.24, 2.45) is 0 Å². The first kappa shape index (κ1) is 23.1. The molecule has 10 heteroatoms. The summed E-state index contributed by atoms with van der Waals surface area (Å²) in [6, 6.07) is 7.63. The number of benzene rings is 1. The summed E-state index contributed by atoms with van der Waals surface area (Å²) in [6.45, 7) is 1.55. The number of amides is 2. The van der Waals surface area contributed by atoms with Crippen LogP contribution in [-0.4, -0.2) is 60.9 Å². The maximum absolute atomic E-state index is 13.0. The van der Waals surface area contributed by atoms with E-state index >= 15 is 0 Å². The van der Waals surface area contributed by atoms with Crippen molar-refractivity contribution in [2.45, 2.75) is 18.6 Å². The van der Waals surface area contributed by atoms with Gasteiger partial charge in [0.2, 0.25) is 5.91 Å². The Morgan fingerprint density at radius 2 is 1.90 bits per heavy atom. The van der Waals surface area contributed by atoms with Gasteiger partial charge >= 0.3 is 6.18 Å². The molecule has 2 aromatic rings. The van der Waals surface area contributed by atoms with Gasteiger partial charge in [-0.05, 0) is 48.8 Å². The van der Waals surface area contributed by atoms with Gasteiger partial charge in [-0.25, -0.2) is 0 Å². The van der Waals surface area contributed by atoms with Crippen molar-refractivity contribution in [3.8, 4) is 0 Å². The topological polar surface area (TPSA) is 65.8 Å². The van der Waals surface area contributed by atoms with E-state index in [2.05, 4.69) is 5.32 Å². The van der Waals surface area contributed by atoms with Crippen molar-refractivity contribution in [1.82, 2.24) is 10.2 Å². The number of hydrogen-bond donors (Lipinski definition) is 1. The van der Waals surface area contributed by atoms with Crippen molar-refractivity contribution in [2.75, 3.05) is 43.1 Å². The van der Waals surface area contributed by atoms with Crippen molar-refractivity contribution in [3.05, 3.63) is 54.0 Å². The lowest BCUT2D eigenvalue weighted by molar-refractivity contribution is -0.137. The Morgan fingerprint density at radius 1 is 1.16 bits per heavy atom. The Labute approximate surface area is 182 Å². The summed E-state index contributed by atoms with van der Waals surface area (Å²) in [7, 11) is 0. The molecule has 0 aliphatic carbocycles. The summed E-state index contributed by atoms with van der Waals surface area (Å²) in [5.41, 5.74) is -0.215. The Balaban J connectivity index is 1.62. The number of carbonyl (C=O) groups is 2. The quantitative estimate of drug-likeness (QED) is 0.692. The van der Waals surface area contributed by atoms with Crippen LogP contribution in [0.1, 0.15) is 22.5 Å². The van der Waals surface area contributed by atoms with Gasteiger partial charge in [0.05, 0.1) is 11.8 Å². The lowest BCUT2D eigenvalue weighted by atomic mass is 10.1. The summed E-state index contributed by atoms with van der Waals surface area (Å²) >= 11 is 1.57. The van der Waals surface area contributed by atoms with Crippen LogP contribution in [0.25, 0.3) is 0 Å². The zero-order valence-corrected chi connectivity index (χ0v) is 17.8. The van der Waals surface area contributed by atoms with Gasteiger partial charge in [0.15, 0.2) is 5.76 Å². The number of hydrogen-bond acceptors (Lipinski definition) is 5. The van der Waals surface area contributed by atoms with Gasteiger partial charge < -0.3 is 19.5 Å². The molecule has 1 aliphatic rings. The molecule has 0 saturated carbocycles. The lowest BCUT2D eigenvalue weighted by Gasteiger charge is -2.37. The Bertz CT molecular complexity index is 881. The number of alkyl halides is 3. The molecule has 1 saturated heterocycles. The average Bonchev–Trinajstić information content (AvgIpc) is 3.31. The number of thioether (sulfide) groups is 1. The fraction of sp³-hybridized carbons (Fsp3) is 0.429. The minimum absolute atomic E-state index is 0.135. The Morgan fingerprint density at radius 3 is 2.52 bits per heavy atom. The molecule has 2 amide bonds. The van der Waals surface area contributed by atoms with E-state index in [1.165, 1.54) is 18.4 Å². The highest BCUT2D eigenvalue weighted by Crippen LogP contribution is 2.31. The highest BCUT2D eigenvalue weighted by Gasteiger charge is 2.32. The SMILES string of the molecule is CSCCC(NC(=O)c1ccco1)C(=O)N1CCN(c2cccc(C(F)(F)F)c2)CC1. The summed E-state index contributed by atoms with van der Waals surface area (Å²) in [6.07, 6.45) is -0.616. The normalized spacial score (nSPS) is 15.6. The second-order valence-corrected chi connectivity index (χ2v) is 8.13. The third-order valence-corrected chi connectivity index (χ3v) is 5.73. The minimum atomic E-state index is -4.40. The molecule has 31 heavy (non-hydrogen) atoms. The van der Waals surface area contributed by atoms with Crippen LogP contribution in [-0.2, 0) is 11.0 Å². The summed E-state index contributed by atoms with van der Waals surface area (Å²) < 4.78 is 44.0. The molecule has 2 heterocycles. The predicted octanol–water partition coefficient (Wildman–Crippen LogP) is 3.50. The first-order valence-corrected chi connectivity index (χ1v) is 11.2. The Kier molecular flexibility index (Phi) is 7.53. The largest absolute Gasteiger partial charge is 0.459 e. The van der Waals surface area contributed by atoms with E-state index in [1.54, 1.807) is 28.8 Å². The highest BCUT2D eigenvalue weighted by molar-refractivity contribution is 7.98. The standard InChI is InChI=1S/C21H24F3N3O3S/c1-31-13-7-17(25-19(28)18-6-3-12-30-18)20(29)27-10-8-26(9-11-27)16-5-2-4-15(14-16)21(22,23)24/h2-6,12,14,17H,7-11,13H2,1H3,(H,25,28). The number of nitrogens with one attached hydrogen (secondary N) is 1. The molecular weight excluding hydrogens is 431 g/mol. The van der Waals surface area contributed by atoms with E-state index in [0.29, 0.717) is 44.0 Å². The molecule has 1 aliphatic heterocycles. The van der Waals surface area contributed by atoms with Gasteiger partial charge in [-0.3, -0.25) is 9.59 Å². The van der Waals surface area contributed by atoms with Gasteiger partial charge in [0, 0.05) is 31.9 Å². The van der Waals surface area contributed by atoms with Gasteiger partial charge in [-0.2, -0.15) is 24.9 Å². The average molecular weight is 456 g/mol. The molecule has 1 aromatic heterocycles. The number of carbonyl (C=O) groups excluding carboxylic acids is 2. The van der Waals surface area contributed by atoms with Gasteiger partial charge in [-0.15, -0.1) is 0 Å². The van der Waals surface area contributed by atoms with E-state index < -0.39 is 23.7 Å². The van der Waals surface area contributed by atoms with Crippen LogP contribution in [0.3, 0.4) is 0 Å². The molecule has 1 fully saturated rings. The van der Waals surface area contributed by atoms with Crippen LogP contribution in [0, 0.1) is 0 Å². The van der Waals surface area contributed by atoms with Gasteiger partial charge in [0.1, 0.15) is 6.04 Å². The number of piperazine rings is 1. The number of nitrogens with zero attached hydrogens (tertiary/aromatic N) is 2. The van der Waals surface area contributed by atoms with E-state index in [-0.39, 0.29) is 11.7 Å². The molecule has 1 aromatic carbocycles. The van der Waals surface area contributed by atoms with Crippen LogP contribution in [0.15, 0.2) is 47.1 Å². The van der Waals surface area contributed by atoms with Crippen molar-refractivity contribution in [1.29, 1.82) is 0 Å². The predicted molar refractivity (Wildman–Crippen MR) is 113 cm³/mol. The van der Waals surface area contributed by atoms with E-state index in [4.69, 9.17) is 4.42 Å². The minimum Gasteiger partial charge on any atom is -0.459 e. The zero-order chi connectivity index (χ0) is 22.4. The molecule has 1 atom stereocenters. The van der Waals surface area contributed by atoms with E-state index in [0.717, 1.165) is 12.1 Å². The molecule has 3 rings (SSSR count). The first-order chi connectivity index (χ1) is 14.8. The second kappa shape index (κ2) is 10.1. The van der Waals surface area contributed by atoms with Crippen LogP contribution >= 0.6 is 11.8 Å². The van der Waals surface area contributed by atoms with E-state index in [1.807, 2.05) is 11.2 Å². The van der Waals surface area contributed by atoms with Crippen molar-refractivity contribution >= 4 is 29.3 Å². The monoisotopic (exact) mass is 455 g/mol. The number of anilines is 1. The van der Waals surface area contributed by atoms with Gasteiger partial charge in [0.25, 0.3) is 5.91 Å². The molecule has 0 spiro atoms. The maximum Gasteiger partial charge on any atom is 0.416 e. The molecule has 0 bridgehead atoms. The summed E-state index contributed by atoms with van der Waals surface area (Å²) in [4.78, 5) is 28.9. The summed E-state index contributed by atoms with van der Waals surface area (Å²) in [5, 5.41) is 2.74. The maximum atomic E-state index is 13.0. The fourth-order valence-corrected chi connectivity index (χ4v) is 3.89. The fourth-order valence-electron chi connectivity index (χ4n) is 3.41. The number of halogens is 3. The van der Waals surface area contributed by atoms with Crippen molar-refractivity contribution < 1.29 is 27.2 Å². The van der Waals surface area contributed by atoms with Crippen LogP contribution in [0.4, 0.5) is 18.9 Å². The molecule has 6 nitrogen and oxygen atoms in total. The Hall–Kier alpha value is -2.62. The van der Waals surface area contributed by atoms with Crippen LogP contribution in [0.2, 0.25) is 0 Å². The highest BCUT2D eigenvalue weighted by atomic mass is 32.2. The number of furan rings is 1. The van der Waals surface area contributed by atoms with E-state index in [9.17, 15) is 22.8 Å². The van der Waals surface area contributed by atoms with Gasteiger partial charge in [-0.1, -0.05) is 6.07 Å². The second-order valence-electron chi connectivity index (χ2n) is 7.15. The molecule has 168 valence electrons. The van der Waals surface area contributed by atoms with Crippen LogP contribution < -0.4 is 10.2 Å². The van der Waals surface area contributed by atoms with Crippen molar-refractivity contribution in [3.63, 3.8) is 0 Å². The lowest BCUT2D eigenvalue weighted by Crippen LogP contribution is -2.55. The molecule has 0 radical (unpaired) electrons. The third-order valence-electron chi connectivity index (χ3n) is 5.09. The van der Waals surface area contributed by atoms with Crippen LogP contribution in [0.5, 0.6) is 0 Å². The first-order valence-electron chi connectivity index (χ1n) is 9.84. The molecule has 1 N–H and O–H groups in total. The molecular formula is C21H24F3N3O3S. The summed E-state index contributed by atoms with van der Waals surface area (Å²) in [5.74, 6) is 0.181.